The fourth-order valence-electron chi connectivity index (χ4n) is 0.667. The number of thiophene rings is 1. The van der Waals surface area contributed by atoms with Crippen molar-refractivity contribution in [1.29, 1.82) is 0 Å². The molecule has 2 nitrogen and oxygen atoms in total. The van der Waals surface area contributed by atoms with Crippen molar-refractivity contribution in [2.24, 2.45) is 0 Å². The Hall–Kier alpha value is -0.830. The minimum Gasteiger partial charge on any atom is -0.273 e. The van der Waals surface area contributed by atoms with Crippen LogP contribution in [0.1, 0.15) is 17.7 Å². The zero-order valence-electron chi connectivity index (χ0n) is 5.63. The first-order chi connectivity index (χ1) is 4.72. The lowest BCUT2D eigenvalue weighted by Crippen LogP contribution is -2.07. The number of hydrogen-bond acceptors (Lipinski definition) is 2. The lowest BCUT2D eigenvalue weighted by molar-refractivity contribution is -0.119. The Bertz CT molecular complexity index is 218. The zero-order valence-corrected chi connectivity index (χ0v) is 6.44. The Balaban J connectivity index is 2.77. The number of amides is 1. The van der Waals surface area contributed by atoms with Gasteiger partial charge in [0.2, 0.25) is 5.91 Å². The summed E-state index contributed by atoms with van der Waals surface area (Å²) >= 11 is 1.52. The molecule has 0 saturated carbocycles. The fraction of sp³-hybridized carbons (Fsp3) is 0.286. The molecule has 1 unspecified atom stereocenters. The highest BCUT2D eigenvalue weighted by atomic mass is 32.1. The van der Waals surface area contributed by atoms with Gasteiger partial charge in [0.25, 0.3) is 0 Å². The zero-order chi connectivity index (χ0) is 7.56. The van der Waals surface area contributed by atoms with E-state index >= 15 is 0 Å². The molecule has 1 N–H and O–H groups in total. The minimum absolute atomic E-state index is 0.250. The summed E-state index contributed by atoms with van der Waals surface area (Å²) in [6.07, 6.45) is 0. The fourth-order valence-corrected chi connectivity index (χ4v) is 1.45. The Labute approximate surface area is 63.7 Å². The van der Waals surface area contributed by atoms with Crippen molar-refractivity contribution < 1.29 is 4.79 Å². The molecular weight excluding hydrogens is 146 g/mol. The number of rotatable bonds is 2. The highest BCUT2D eigenvalue weighted by molar-refractivity contribution is 7.10. The predicted octanol–water partition coefficient (Wildman–Crippen LogP) is 1.66. The third kappa shape index (κ3) is 1.36. The van der Waals surface area contributed by atoms with E-state index in [1.165, 1.54) is 11.3 Å². The molecule has 1 heterocycles. The molecule has 0 fully saturated rings. The summed E-state index contributed by atoms with van der Waals surface area (Å²) in [5.74, 6) is -0.762. The molecule has 3 heteroatoms. The molecule has 0 aliphatic rings. The van der Waals surface area contributed by atoms with Crippen LogP contribution in [0.2, 0.25) is 0 Å². The van der Waals surface area contributed by atoms with Gasteiger partial charge >= 0.3 is 0 Å². The Morgan fingerprint density at radius 3 is 2.90 bits per heavy atom. The van der Waals surface area contributed by atoms with Gasteiger partial charge in [0.05, 0.1) is 5.92 Å². The van der Waals surface area contributed by atoms with Crippen LogP contribution in [-0.2, 0) is 4.79 Å². The molecule has 0 spiro atoms. The van der Waals surface area contributed by atoms with Crippen molar-refractivity contribution in [2.45, 2.75) is 12.8 Å². The molecule has 0 bridgehead atoms. The Kier molecular flexibility index (Phi) is 2.06. The smallest absolute Gasteiger partial charge is 0.246 e. The summed E-state index contributed by atoms with van der Waals surface area (Å²) in [7, 11) is 0. The van der Waals surface area contributed by atoms with Crippen molar-refractivity contribution in [3.63, 3.8) is 0 Å². The monoisotopic (exact) mass is 154 g/mol. The van der Waals surface area contributed by atoms with Crippen LogP contribution in [0.3, 0.4) is 0 Å². The summed E-state index contributed by atoms with van der Waals surface area (Å²) in [6.45, 7) is 1.75. The predicted molar refractivity (Wildman–Crippen MR) is 40.8 cm³/mol. The normalized spacial score (nSPS) is 12.9. The maximum absolute atomic E-state index is 10.5. The second-order valence-electron chi connectivity index (χ2n) is 2.10. The summed E-state index contributed by atoms with van der Waals surface area (Å²) in [4.78, 5) is 11.5. The molecule has 1 atom stereocenters. The van der Waals surface area contributed by atoms with E-state index in [0.717, 1.165) is 4.88 Å². The van der Waals surface area contributed by atoms with E-state index in [4.69, 9.17) is 5.73 Å². The molecule has 1 aromatic rings. The van der Waals surface area contributed by atoms with Gasteiger partial charge in [0, 0.05) is 4.88 Å². The average molecular weight is 154 g/mol. The van der Waals surface area contributed by atoms with Gasteiger partial charge in [-0.3, -0.25) is 10.5 Å². The van der Waals surface area contributed by atoms with Crippen LogP contribution >= 0.6 is 11.3 Å². The van der Waals surface area contributed by atoms with Gasteiger partial charge in [-0.2, -0.15) is 0 Å². The van der Waals surface area contributed by atoms with Gasteiger partial charge < -0.3 is 0 Å². The van der Waals surface area contributed by atoms with E-state index in [-0.39, 0.29) is 5.92 Å². The minimum atomic E-state index is -0.512. The van der Waals surface area contributed by atoms with E-state index in [2.05, 4.69) is 0 Å². The van der Waals surface area contributed by atoms with Crippen molar-refractivity contribution in [1.82, 2.24) is 5.73 Å². The van der Waals surface area contributed by atoms with Gasteiger partial charge in [-0.15, -0.1) is 11.3 Å². The summed E-state index contributed by atoms with van der Waals surface area (Å²) in [5.41, 5.74) is 6.83. The van der Waals surface area contributed by atoms with Gasteiger partial charge in [-0.25, -0.2) is 0 Å². The molecule has 53 valence electrons. The van der Waals surface area contributed by atoms with E-state index in [9.17, 15) is 4.79 Å². The summed E-state index contributed by atoms with van der Waals surface area (Å²) < 4.78 is 0. The van der Waals surface area contributed by atoms with E-state index in [1.807, 2.05) is 17.5 Å². The van der Waals surface area contributed by atoms with Crippen LogP contribution in [0, 0.1) is 0 Å². The number of hydrogen-bond donors (Lipinski definition) is 0. The largest absolute Gasteiger partial charge is 0.273 e. The van der Waals surface area contributed by atoms with Gasteiger partial charge in [0.15, 0.2) is 0 Å². The first-order valence-corrected chi connectivity index (χ1v) is 3.88. The number of nitrogens with one attached hydrogen (secondary N) is 1. The SMILES string of the molecule is CC(C([NH])=O)c1cccs1. The van der Waals surface area contributed by atoms with Crippen molar-refractivity contribution in [3.05, 3.63) is 22.4 Å². The van der Waals surface area contributed by atoms with Gasteiger partial charge in [-0.1, -0.05) is 6.07 Å². The van der Waals surface area contributed by atoms with Crippen molar-refractivity contribution in [2.75, 3.05) is 0 Å². The molecule has 1 amide bonds. The maximum atomic E-state index is 10.5. The average Bonchev–Trinajstić information content (AvgIpc) is 2.36. The van der Waals surface area contributed by atoms with Crippen LogP contribution in [0.25, 0.3) is 0 Å². The molecule has 0 aromatic carbocycles. The molecule has 1 rings (SSSR count). The molecule has 1 radical (unpaired) electrons. The molecule has 0 aliphatic heterocycles. The maximum Gasteiger partial charge on any atom is 0.246 e. The van der Waals surface area contributed by atoms with Crippen LogP contribution < -0.4 is 5.73 Å². The molecule has 0 saturated heterocycles. The van der Waals surface area contributed by atoms with Gasteiger partial charge in [0.1, 0.15) is 0 Å². The van der Waals surface area contributed by atoms with Crippen LogP contribution in [0.5, 0.6) is 0 Å². The van der Waals surface area contributed by atoms with Crippen molar-refractivity contribution in [3.8, 4) is 0 Å². The standard InChI is InChI=1S/C7H8NOS/c1-5(7(8)9)6-3-2-4-10-6/h2-5,8H,1H3. The van der Waals surface area contributed by atoms with E-state index < -0.39 is 5.91 Å². The lowest BCUT2D eigenvalue weighted by atomic mass is 10.1. The molecule has 0 aliphatic carbocycles. The van der Waals surface area contributed by atoms with Gasteiger partial charge in [-0.05, 0) is 18.4 Å². The van der Waals surface area contributed by atoms with E-state index in [1.54, 1.807) is 6.92 Å². The topological polar surface area (TPSA) is 40.9 Å². The highest BCUT2D eigenvalue weighted by Crippen LogP contribution is 2.19. The second-order valence-corrected chi connectivity index (χ2v) is 3.08. The third-order valence-electron chi connectivity index (χ3n) is 1.36. The lowest BCUT2D eigenvalue weighted by Gasteiger charge is -2.00. The first kappa shape index (κ1) is 7.28. The van der Waals surface area contributed by atoms with Crippen LogP contribution in [0.15, 0.2) is 17.5 Å². The van der Waals surface area contributed by atoms with Crippen molar-refractivity contribution >= 4 is 17.2 Å². The second kappa shape index (κ2) is 2.84. The number of carbonyl (C=O) groups excluding carboxylic acids is 1. The quantitative estimate of drug-likeness (QED) is 0.638. The molecular formula is C7H8NOS. The molecule has 10 heavy (non-hydrogen) atoms. The summed E-state index contributed by atoms with van der Waals surface area (Å²) in [5, 5.41) is 1.91. The first-order valence-electron chi connectivity index (χ1n) is 3.00. The number of carbonyl (C=O) groups is 1. The van der Waals surface area contributed by atoms with E-state index in [0.29, 0.717) is 0 Å². The highest BCUT2D eigenvalue weighted by Gasteiger charge is 2.11. The summed E-state index contributed by atoms with van der Waals surface area (Å²) in [6, 6.07) is 3.77. The van der Waals surface area contributed by atoms with Crippen LogP contribution in [-0.4, -0.2) is 5.91 Å². The Morgan fingerprint density at radius 2 is 2.50 bits per heavy atom. The molecule has 1 aromatic heterocycles. The third-order valence-corrected chi connectivity index (χ3v) is 2.42. The Morgan fingerprint density at radius 1 is 1.80 bits per heavy atom. The van der Waals surface area contributed by atoms with Crippen LogP contribution in [0.4, 0.5) is 0 Å².